The Labute approximate surface area is 148 Å². The maximum absolute atomic E-state index is 12.6. The van der Waals surface area contributed by atoms with Crippen molar-refractivity contribution in [1.82, 2.24) is 16.2 Å². The van der Waals surface area contributed by atoms with Gasteiger partial charge in [0.15, 0.2) is 0 Å². The third kappa shape index (κ3) is 4.38. The van der Waals surface area contributed by atoms with Crippen molar-refractivity contribution in [3.63, 3.8) is 0 Å². The van der Waals surface area contributed by atoms with E-state index in [2.05, 4.69) is 28.3 Å². The molecule has 1 aliphatic heterocycles. The molecule has 1 aromatic carbocycles. The summed E-state index contributed by atoms with van der Waals surface area (Å²) < 4.78 is 0. The third-order valence-electron chi connectivity index (χ3n) is 5.46. The Kier molecular flexibility index (Phi) is 6.04. The number of hydrogen-bond donors (Lipinski definition) is 4. The summed E-state index contributed by atoms with van der Waals surface area (Å²) in [6, 6.07) is 10.2. The zero-order valence-electron chi connectivity index (χ0n) is 14.4. The lowest BCUT2D eigenvalue weighted by Crippen LogP contribution is -2.43. The van der Waals surface area contributed by atoms with E-state index in [1.807, 2.05) is 18.2 Å². The molecule has 1 aliphatic carbocycles. The van der Waals surface area contributed by atoms with Gasteiger partial charge in [0.1, 0.15) is 5.92 Å². The predicted molar refractivity (Wildman–Crippen MR) is 94.5 cm³/mol. The summed E-state index contributed by atoms with van der Waals surface area (Å²) >= 11 is 0. The first kappa shape index (κ1) is 17.9. The monoisotopic (exact) mass is 345 g/mol. The lowest BCUT2D eigenvalue weighted by molar-refractivity contribution is -0.150. The second kappa shape index (κ2) is 8.45. The van der Waals surface area contributed by atoms with Crippen molar-refractivity contribution in [1.29, 1.82) is 0 Å². The average molecular weight is 345 g/mol. The Morgan fingerprint density at radius 3 is 2.56 bits per heavy atom. The summed E-state index contributed by atoms with van der Waals surface area (Å²) in [4.78, 5) is 24.2. The van der Waals surface area contributed by atoms with Gasteiger partial charge in [0.25, 0.3) is 0 Å². The highest BCUT2D eigenvalue weighted by atomic mass is 16.4. The minimum absolute atomic E-state index is 0.0315. The zero-order chi connectivity index (χ0) is 17.6. The minimum atomic E-state index is -0.994. The molecule has 0 aromatic heterocycles. The fourth-order valence-corrected chi connectivity index (χ4v) is 4.08. The van der Waals surface area contributed by atoms with E-state index in [1.165, 1.54) is 0 Å². The maximum Gasteiger partial charge on any atom is 0.316 e. The summed E-state index contributed by atoms with van der Waals surface area (Å²) in [5.74, 6) is -2.09. The fraction of sp³-hybridized carbons (Fsp3) is 0.579. The molecule has 3 atom stereocenters. The number of hydrazine groups is 1. The van der Waals surface area contributed by atoms with Crippen molar-refractivity contribution in [2.24, 2.45) is 17.8 Å². The number of rotatable bonds is 6. The van der Waals surface area contributed by atoms with Crippen LogP contribution in [0, 0.1) is 17.8 Å². The lowest BCUT2D eigenvalue weighted by Gasteiger charge is -2.27. The van der Waals surface area contributed by atoms with Crippen LogP contribution in [0.1, 0.15) is 43.7 Å². The summed E-state index contributed by atoms with van der Waals surface area (Å²) in [7, 11) is 0. The number of carboxylic acid groups (broad SMARTS) is 1. The molecule has 6 heteroatoms. The highest BCUT2D eigenvalue weighted by molar-refractivity contribution is 5.97. The van der Waals surface area contributed by atoms with Crippen molar-refractivity contribution in [3.05, 3.63) is 35.9 Å². The molecule has 1 saturated heterocycles. The maximum atomic E-state index is 12.6. The van der Waals surface area contributed by atoms with Crippen LogP contribution in [0.2, 0.25) is 0 Å². The molecule has 25 heavy (non-hydrogen) atoms. The average Bonchev–Trinajstić information content (AvgIpc) is 3.10. The number of carboxylic acids is 1. The van der Waals surface area contributed by atoms with Gasteiger partial charge in [0.05, 0.1) is 6.04 Å². The van der Waals surface area contributed by atoms with Crippen LogP contribution in [0.3, 0.4) is 0 Å². The van der Waals surface area contributed by atoms with E-state index in [0.29, 0.717) is 6.54 Å². The van der Waals surface area contributed by atoms with Crippen molar-refractivity contribution in [2.45, 2.75) is 38.1 Å². The van der Waals surface area contributed by atoms with E-state index in [9.17, 15) is 14.7 Å². The largest absolute Gasteiger partial charge is 0.481 e. The van der Waals surface area contributed by atoms with Gasteiger partial charge in [0.2, 0.25) is 5.91 Å². The molecular formula is C19H27N3O3. The molecule has 136 valence electrons. The molecule has 1 heterocycles. The topological polar surface area (TPSA) is 90.5 Å². The molecule has 4 N–H and O–H groups in total. The zero-order valence-corrected chi connectivity index (χ0v) is 14.4. The quantitative estimate of drug-likeness (QED) is 0.591. The van der Waals surface area contributed by atoms with E-state index in [1.54, 1.807) is 0 Å². The third-order valence-corrected chi connectivity index (χ3v) is 5.46. The Morgan fingerprint density at radius 1 is 1.16 bits per heavy atom. The van der Waals surface area contributed by atoms with Crippen molar-refractivity contribution in [2.75, 3.05) is 13.1 Å². The lowest BCUT2D eigenvalue weighted by atomic mass is 9.79. The number of carbonyl (C=O) groups is 2. The van der Waals surface area contributed by atoms with Gasteiger partial charge in [0, 0.05) is 19.0 Å². The van der Waals surface area contributed by atoms with Crippen molar-refractivity contribution in [3.8, 4) is 0 Å². The molecule has 0 radical (unpaired) electrons. The van der Waals surface area contributed by atoms with Crippen LogP contribution < -0.4 is 16.2 Å². The number of amides is 1. The number of nitrogens with one attached hydrogen (secondary N) is 3. The predicted octanol–water partition coefficient (Wildman–Crippen LogP) is 1.85. The van der Waals surface area contributed by atoms with Gasteiger partial charge in [-0.1, -0.05) is 49.6 Å². The van der Waals surface area contributed by atoms with Gasteiger partial charge in [-0.2, -0.15) is 0 Å². The van der Waals surface area contributed by atoms with E-state index >= 15 is 0 Å². The van der Waals surface area contributed by atoms with Crippen LogP contribution in [0.15, 0.2) is 30.3 Å². The Hall–Kier alpha value is -1.92. The molecule has 3 unspecified atom stereocenters. The minimum Gasteiger partial charge on any atom is -0.481 e. The van der Waals surface area contributed by atoms with Crippen LogP contribution in [0.4, 0.5) is 0 Å². The van der Waals surface area contributed by atoms with Crippen LogP contribution in [-0.4, -0.2) is 30.1 Å². The second-order valence-corrected chi connectivity index (χ2v) is 7.13. The summed E-state index contributed by atoms with van der Waals surface area (Å²) in [5, 5.41) is 12.4. The van der Waals surface area contributed by atoms with Crippen molar-refractivity contribution >= 4 is 11.9 Å². The smallest absolute Gasteiger partial charge is 0.316 e. The highest BCUT2D eigenvalue weighted by Gasteiger charge is 2.36. The Balaban J connectivity index is 1.59. The molecule has 2 fully saturated rings. The molecule has 0 spiro atoms. The molecular weight excluding hydrogens is 318 g/mol. The number of carbonyl (C=O) groups excluding carboxylic acids is 1. The standard InChI is InChI=1S/C19H27N3O3/c23-18(16(19(24)25)13-7-3-1-4-8-13)20-11-15-12-21-22-17(15)14-9-5-2-6-10-14/h2,5-6,9-10,13,15-17,21-22H,1,3-4,7-8,11-12H2,(H,20,23)(H,24,25). The Morgan fingerprint density at radius 2 is 1.88 bits per heavy atom. The van der Waals surface area contributed by atoms with E-state index < -0.39 is 11.9 Å². The first-order valence-corrected chi connectivity index (χ1v) is 9.20. The van der Waals surface area contributed by atoms with Gasteiger partial charge in [-0.3, -0.25) is 15.0 Å². The van der Waals surface area contributed by atoms with Gasteiger partial charge >= 0.3 is 5.97 Å². The molecule has 0 bridgehead atoms. The first-order chi connectivity index (χ1) is 12.2. The van der Waals surface area contributed by atoms with Gasteiger partial charge < -0.3 is 10.4 Å². The van der Waals surface area contributed by atoms with Crippen LogP contribution in [0.5, 0.6) is 0 Å². The second-order valence-electron chi connectivity index (χ2n) is 7.13. The molecule has 1 aromatic rings. The molecule has 6 nitrogen and oxygen atoms in total. The number of hydrogen-bond acceptors (Lipinski definition) is 4. The number of aliphatic carboxylic acids is 1. The number of benzene rings is 1. The molecule has 3 rings (SSSR count). The fourth-order valence-electron chi connectivity index (χ4n) is 4.08. The summed E-state index contributed by atoms with van der Waals surface area (Å²) in [6.45, 7) is 1.20. The van der Waals surface area contributed by atoms with Crippen molar-refractivity contribution < 1.29 is 14.7 Å². The van der Waals surface area contributed by atoms with E-state index in [0.717, 1.165) is 44.2 Å². The highest BCUT2D eigenvalue weighted by Crippen LogP contribution is 2.31. The van der Waals surface area contributed by atoms with Crippen LogP contribution in [-0.2, 0) is 9.59 Å². The SMILES string of the molecule is O=C(O)C(C(=O)NCC1CNNC1c1ccccc1)C1CCCCC1. The van der Waals surface area contributed by atoms with Gasteiger partial charge in [-0.25, -0.2) is 5.43 Å². The molecule has 1 saturated carbocycles. The summed E-state index contributed by atoms with van der Waals surface area (Å²) in [5.41, 5.74) is 7.55. The van der Waals surface area contributed by atoms with Gasteiger partial charge in [-0.05, 0) is 24.3 Å². The normalized spacial score (nSPS) is 25.4. The van der Waals surface area contributed by atoms with Gasteiger partial charge in [-0.15, -0.1) is 0 Å². The summed E-state index contributed by atoms with van der Waals surface area (Å²) in [6.07, 6.45) is 4.86. The van der Waals surface area contributed by atoms with Crippen LogP contribution >= 0.6 is 0 Å². The first-order valence-electron chi connectivity index (χ1n) is 9.20. The molecule has 1 amide bonds. The van der Waals surface area contributed by atoms with E-state index in [4.69, 9.17) is 0 Å². The van der Waals surface area contributed by atoms with E-state index in [-0.39, 0.29) is 23.8 Å². The van der Waals surface area contributed by atoms with Crippen LogP contribution in [0.25, 0.3) is 0 Å². The molecule has 2 aliphatic rings. The Bertz CT molecular complexity index is 587.